The number of amides is 2. The Hall–Kier alpha value is -3.09. The molecule has 158 valence electrons. The number of hydrogen-bond acceptors (Lipinski definition) is 5. The number of H-pyrrole nitrogens is 1. The molecular formula is C20H19ClFN3O5. The molecule has 0 unspecified atom stereocenters. The highest BCUT2D eigenvalue weighted by atomic mass is 35.5. The fourth-order valence-corrected chi connectivity index (χ4v) is 3.21. The van der Waals surface area contributed by atoms with Crippen molar-refractivity contribution in [1.29, 1.82) is 0 Å². The Labute approximate surface area is 176 Å². The number of allylic oxidation sites excluding steroid dienone is 3. The van der Waals surface area contributed by atoms with Gasteiger partial charge in [-0.05, 0) is 36.8 Å². The molecule has 30 heavy (non-hydrogen) atoms. The number of rotatable bonds is 6. The molecule has 4 N–H and O–H groups in total. The Morgan fingerprint density at radius 1 is 1.43 bits per heavy atom. The molecule has 0 aromatic carbocycles. The number of nitrogens with zero attached hydrogens (tertiary/aromatic N) is 1. The van der Waals surface area contributed by atoms with Gasteiger partial charge in [-0.1, -0.05) is 17.7 Å². The number of carbonyl (C=O) groups is 2. The van der Waals surface area contributed by atoms with Crippen molar-refractivity contribution in [2.75, 3.05) is 19.6 Å². The number of fused-ring (bicyclic) bond motifs is 1. The molecule has 8 nitrogen and oxygen atoms in total. The van der Waals surface area contributed by atoms with Crippen molar-refractivity contribution in [2.24, 2.45) is 0 Å². The third-order valence-electron chi connectivity index (χ3n) is 4.99. The summed E-state index contributed by atoms with van der Waals surface area (Å²) < 4.78 is 13.2. The van der Waals surface area contributed by atoms with Crippen LogP contribution in [0.15, 0.2) is 27.8 Å². The molecule has 0 radical (unpaired) electrons. The Balaban J connectivity index is 1.83. The minimum absolute atomic E-state index is 0.0210. The number of terminal acetylenes is 1. The van der Waals surface area contributed by atoms with Crippen molar-refractivity contribution in [3.63, 3.8) is 0 Å². The van der Waals surface area contributed by atoms with Gasteiger partial charge < -0.3 is 25.4 Å². The average molecular weight is 436 g/mol. The van der Waals surface area contributed by atoms with Crippen molar-refractivity contribution < 1.29 is 24.2 Å². The van der Waals surface area contributed by atoms with Crippen molar-refractivity contribution in [1.82, 2.24) is 15.2 Å². The zero-order chi connectivity index (χ0) is 22.1. The summed E-state index contributed by atoms with van der Waals surface area (Å²) >= 11 is 5.66. The topological polar surface area (TPSA) is 123 Å². The van der Waals surface area contributed by atoms with Crippen LogP contribution in [0, 0.1) is 12.3 Å². The monoisotopic (exact) mass is 435 g/mol. The first-order valence-corrected chi connectivity index (χ1v) is 9.51. The van der Waals surface area contributed by atoms with Gasteiger partial charge in [-0.3, -0.25) is 14.4 Å². The molecule has 2 amide bonds. The molecule has 1 aromatic rings. The molecule has 0 bridgehead atoms. The van der Waals surface area contributed by atoms with Crippen LogP contribution in [0.3, 0.4) is 0 Å². The van der Waals surface area contributed by atoms with Gasteiger partial charge in [-0.2, -0.15) is 4.39 Å². The van der Waals surface area contributed by atoms with E-state index in [0.29, 0.717) is 12.8 Å². The minimum Gasteiger partial charge on any atom is -0.502 e. The van der Waals surface area contributed by atoms with Crippen LogP contribution in [0.1, 0.15) is 39.3 Å². The molecule has 3 rings (SSSR count). The molecule has 0 atom stereocenters. The smallest absolute Gasteiger partial charge is 0.291 e. The Bertz CT molecular complexity index is 1070. The maximum absolute atomic E-state index is 13.2. The lowest BCUT2D eigenvalue weighted by atomic mass is 9.96. The molecule has 10 heteroatoms. The third-order valence-corrected chi connectivity index (χ3v) is 5.28. The second kappa shape index (κ2) is 8.34. The number of nitrogens with one attached hydrogen (secondary N) is 2. The molecule has 2 heterocycles. The van der Waals surface area contributed by atoms with E-state index in [4.69, 9.17) is 18.0 Å². The van der Waals surface area contributed by atoms with Crippen LogP contribution >= 0.6 is 11.6 Å². The molecule has 0 saturated heterocycles. The first kappa shape index (κ1) is 21.6. The average Bonchev–Trinajstić information content (AvgIpc) is 3.46. The van der Waals surface area contributed by atoms with Gasteiger partial charge >= 0.3 is 0 Å². The van der Waals surface area contributed by atoms with Gasteiger partial charge in [0.25, 0.3) is 17.4 Å². The second-order valence-electron chi connectivity index (χ2n) is 7.15. The quantitative estimate of drug-likeness (QED) is 0.391. The zero-order valence-corrected chi connectivity index (χ0v) is 16.6. The first-order chi connectivity index (χ1) is 14.2. The summed E-state index contributed by atoms with van der Waals surface area (Å²) in [4.78, 5) is 41.0. The molecular weight excluding hydrogens is 417 g/mol. The molecule has 1 aromatic heterocycles. The SMILES string of the molecule is C#C/C(F)=C(Cl)\C=C\CN1CCc2c(C(=O)NCC3(O)CC3)[nH]c(=O)c(O)c2C1=O. The lowest BCUT2D eigenvalue weighted by Gasteiger charge is -2.29. The van der Waals surface area contributed by atoms with E-state index < -0.39 is 34.6 Å². The Morgan fingerprint density at radius 2 is 2.13 bits per heavy atom. The number of hydrogen-bond donors (Lipinski definition) is 4. The van der Waals surface area contributed by atoms with Gasteiger partial charge in [-0.25, -0.2) is 0 Å². The summed E-state index contributed by atoms with van der Waals surface area (Å²) in [5.41, 5.74) is -2.07. The van der Waals surface area contributed by atoms with Crippen LogP contribution in [0.5, 0.6) is 5.75 Å². The number of pyridine rings is 1. The van der Waals surface area contributed by atoms with Crippen molar-refractivity contribution >= 4 is 23.4 Å². The number of aromatic nitrogens is 1. The molecule has 0 spiro atoms. The van der Waals surface area contributed by atoms with Gasteiger partial charge in [0.05, 0.1) is 16.2 Å². The molecule has 2 aliphatic rings. The van der Waals surface area contributed by atoms with E-state index in [-0.39, 0.29) is 47.9 Å². The largest absolute Gasteiger partial charge is 0.502 e. The normalized spacial score (nSPS) is 17.9. The van der Waals surface area contributed by atoms with E-state index in [0.717, 1.165) is 0 Å². The lowest BCUT2D eigenvalue weighted by molar-refractivity contribution is 0.0753. The van der Waals surface area contributed by atoms with Gasteiger partial charge in [0.2, 0.25) is 0 Å². The predicted octanol–water partition coefficient (Wildman–Crippen LogP) is 0.943. The van der Waals surface area contributed by atoms with Crippen LogP contribution in [0.25, 0.3) is 0 Å². The van der Waals surface area contributed by atoms with Gasteiger partial charge in [0.15, 0.2) is 11.6 Å². The van der Waals surface area contributed by atoms with E-state index >= 15 is 0 Å². The third kappa shape index (κ3) is 4.40. The van der Waals surface area contributed by atoms with E-state index in [9.17, 15) is 29.0 Å². The van der Waals surface area contributed by atoms with E-state index in [1.54, 1.807) is 5.92 Å². The highest BCUT2D eigenvalue weighted by molar-refractivity contribution is 6.31. The number of halogens is 2. The van der Waals surface area contributed by atoms with Crippen LogP contribution in [0.4, 0.5) is 4.39 Å². The Morgan fingerprint density at radius 3 is 2.77 bits per heavy atom. The summed E-state index contributed by atoms with van der Waals surface area (Å²) in [6, 6.07) is 0. The van der Waals surface area contributed by atoms with E-state index in [1.165, 1.54) is 17.1 Å². The number of carbonyl (C=O) groups excluding carboxylic acids is 2. The van der Waals surface area contributed by atoms with Crippen LogP contribution in [0.2, 0.25) is 0 Å². The standard InChI is InChI=1S/C20H19ClFN3O5/c1-2-13(22)12(21)4-3-8-25-9-5-11-14(19(25)29)16(26)18(28)24-15(11)17(27)23-10-20(30)6-7-20/h1,3-4,26,30H,5-10H2,(H,23,27)(H,24,28)/b4-3+,13-12-. The number of aromatic amines is 1. The summed E-state index contributed by atoms with van der Waals surface area (Å²) in [7, 11) is 0. The fourth-order valence-electron chi connectivity index (χ4n) is 3.06. The first-order valence-electron chi connectivity index (χ1n) is 9.13. The van der Waals surface area contributed by atoms with Gasteiger partial charge in [0.1, 0.15) is 5.69 Å². The lowest BCUT2D eigenvalue weighted by Crippen LogP contribution is -2.41. The number of aromatic hydroxyl groups is 1. The zero-order valence-electron chi connectivity index (χ0n) is 15.8. The van der Waals surface area contributed by atoms with Crippen molar-refractivity contribution in [3.05, 3.63) is 50.2 Å². The maximum Gasteiger partial charge on any atom is 0.291 e. The summed E-state index contributed by atoms with van der Waals surface area (Å²) in [6.45, 7) is 0.231. The summed E-state index contributed by atoms with van der Waals surface area (Å²) in [5, 5.41) is 22.3. The highest BCUT2D eigenvalue weighted by Gasteiger charge is 2.41. The summed E-state index contributed by atoms with van der Waals surface area (Å²) in [5.74, 6) is -1.27. The van der Waals surface area contributed by atoms with E-state index in [1.807, 2.05) is 0 Å². The van der Waals surface area contributed by atoms with Crippen LogP contribution < -0.4 is 10.9 Å². The summed E-state index contributed by atoms with van der Waals surface area (Å²) in [6.07, 6.45) is 8.86. The van der Waals surface area contributed by atoms with Crippen molar-refractivity contribution in [3.8, 4) is 18.1 Å². The van der Waals surface area contributed by atoms with Crippen molar-refractivity contribution in [2.45, 2.75) is 24.9 Å². The maximum atomic E-state index is 13.2. The highest BCUT2D eigenvalue weighted by Crippen LogP contribution is 2.34. The minimum atomic E-state index is -0.975. The van der Waals surface area contributed by atoms with Gasteiger partial charge in [0, 0.05) is 19.6 Å². The van der Waals surface area contributed by atoms with Gasteiger partial charge in [-0.15, -0.1) is 6.42 Å². The molecule has 1 aliphatic carbocycles. The fraction of sp³-hybridized carbons (Fsp3) is 0.350. The molecule has 1 aliphatic heterocycles. The van der Waals surface area contributed by atoms with Crippen LogP contribution in [-0.2, 0) is 6.42 Å². The Kier molecular flexibility index (Phi) is 6.01. The number of aliphatic hydroxyl groups is 1. The van der Waals surface area contributed by atoms with Crippen LogP contribution in [-0.4, -0.2) is 57.1 Å². The second-order valence-corrected chi connectivity index (χ2v) is 7.56. The molecule has 1 fully saturated rings. The molecule has 1 saturated carbocycles. The predicted molar refractivity (Wildman–Crippen MR) is 107 cm³/mol. The van der Waals surface area contributed by atoms with E-state index in [2.05, 4.69) is 10.3 Å².